The molecule has 0 saturated heterocycles. The first-order valence-corrected chi connectivity index (χ1v) is 6.89. The molecule has 3 nitrogen and oxygen atoms in total. The minimum Gasteiger partial charge on any atom is -0.354 e. The molecule has 0 aromatic rings. The molecule has 1 saturated carbocycles. The van der Waals surface area contributed by atoms with Gasteiger partial charge < -0.3 is 5.32 Å². The molecular weight excluding hydrogens is 224 g/mol. The average molecular weight is 250 g/mol. The van der Waals surface area contributed by atoms with Gasteiger partial charge in [-0.05, 0) is 29.6 Å². The largest absolute Gasteiger partial charge is 0.354 e. The summed E-state index contributed by atoms with van der Waals surface area (Å²) in [7, 11) is 0. The van der Waals surface area contributed by atoms with E-state index in [1.165, 1.54) is 0 Å². The van der Waals surface area contributed by atoms with Crippen molar-refractivity contribution in [3.05, 3.63) is 0 Å². The van der Waals surface area contributed by atoms with Crippen LogP contribution >= 0.6 is 0 Å². The van der Waals surface area contributed by atoms with E-state index in [2.05, 4.69) is 39.1 Å². The summed E-state index contributed by atoms with van der Waals surface area (Å²) in [6.07, 6.45) is 1.15. The third kappa shape index (κ3) is 2.02. The highest BCUT2D eigenvalue weighted by Crippen LogP contribution is 2.67. The molecule has 102 valence electrons. The predicted octanol–water partition coefficient (Wildman–Crippen LogP) is 3.11. The highest BCUT2D eigenvalue weighted by Gasteiger charge is 2.64. The molecule has 18 heavy (non-hydrogen) atoms. The lowest BCUT2D eigenvalue weighted by Gasteiger charge is -2.22. The van der Waals surface area contributed by atoms with Gasteiger partial charge >= 0.3 is 0 Å². The lowest BCUT2D eigenvalue weighted by Crippen LogP contribution is -2.40. The van der Waals surface area contributed by atoms with E-state index in [4.69, 9.17) is 0 Å². The summed E-state index contributed by atoms with van der Waals surface area (Å²) < 4.78 is 0. The molecule has 0 bridgehead atoms. The minimum atomic E-state index is -0.844. The van der Waals surface area contributed by atoms with Crippen LogP contribution < -0.4 is 5.32 Å². The second kappa shape index (κ2) is 4.57. The second-order valence-corrected chi connectivity index (χ2v) is 6.61. The van der Waals surface area contributed by atoms with E-state index in [0.29, 0.717) is 25.3 Å². The molecule has 3 heteroatoms. The lowest BCUT2D eigenvalue weighted by atomic mass is 9.83. The van der Waals surface area contributed by atoms with Crippen molar-refractivity contribution in [1.82, 2.24) is 5.32 Å². The zero-order valence-corrected chi connectivity index (χ0v) is 12.6. The predicted molar refractivity (Wildman–Crippen MR) is 72.7 cm³/mol. The molecule has 1 N–H and O–H groups in total. The van der Waals surface area contributed by atoms with Gasteiger partial charge in [0.1, 0.15) is 5.41 Å². The van der Waals surface area contributed by atoms with Crippen molar-refractivity contribution < 1.29 is 4.79 Å². The highest BCUT2D eigenvalue weighted by atomic mass is 16.2. The fourth-order valence-electron chi connectivity index (χ4n) is 2.99. The van der Waals surface area contributed by atoms with Gasteiger partial charge in [-0.2, -0.15) is 5.26 Å². The first-order chi connectivity index (χ1) is 8.19. The van der Waals surface area contributed by atoms with E-state index in [1.807, 2.05) is 13.8 Å². The normalized spacial score (nSPS) is 21.2. The number of nitrogens with zero attached hydrogens (tertiary/aromatic N) is 1. The number of nitriles is 1. The average Bonchev–Trinajstić information content (AvgIpc) is 2.70. The number of carbonyl (C=O) groups excluding carboxylic acids is 1. The Hall–Kier alpha value is -1.04. The van der Waals surface area contributed by atoms with Crippen LogP contribution in [-0.2, 0) is 4.79 Å². The molecule has 0 heterocycles. The molecule has 1 fully saturated rings. The summed E-state index contributed by atoms with van der Waals surface area (Å²) >= 11 is 0. The van der Waals surface area contributed by atoms with Crippen molar-refractivity contribution in [3.63, 3.8) is 0 Å². The molecular formula is C15H26N2O. The summed E-state index contributed by atoms with van der Waals surface area (Å²) in [6.45, 7) is 13.4. The number of rotatable bonds is 5. The zero-order chi connectivity index (χ0) is 14.2. The van der Waals surface area contributed by atoms with E-state index in [9.17, 15) is 10.1 Å². The molecule has 1 aliphatic carbocycles. The lowest BCUT2D eigenvalue weighted by molar-refractivity contribution is -0.128. The molecule has 1 rings (SSSR count). The van der Waals surface area contributed by atoms with Crippen molar-refractivity contribution in [1.29, 1.82) is 5.26 Å². The van der Waals surface area contributed by atoms with Crippen molar-refractivity contribution in [2.24, 2.45) is 22.2 Å². The van der Waals surface area contributed by atoms with Crippen LogP contribution in [0.15, 0.2) is 0 Å². The second-order valence-electron chi connectivity index (χ2n) is 6.61. The highest BCUT2D eigenvalue weighted by molar-refractivity contribution is 5.85. The van der Waals surface area contributed by atoms with Crippen molar-refractivity contribution in [2.45, 2.75) is 54.4 Å². The molecule has 0 unspecified atom stereocenters. The molecule has 1 amide bonds. The van der Waals surface area contributed by atoms with Crippen LogP contribution in [0.4, 0.5) is 0 Å². The Morgan fingerprint density at radius 2 is 1.67 bits per heavy atom. The Morgan fingerprint density at radius 3 is 1.94 bits per heavy atom. The van der Waals surface area contributed by atoms with Crippen LogP contribution in [0, 0.1) is 33.5 Å². The van der Waals surface area contributed by atoms with Gasteiger partial charge in [0.05, 0.1) is 6.07 Å². The number of amides is 1. The van der Waals surface area contributed by atoms with Crippen molar-refractivity contribution in [3.8, 4) is 6.07 Å². The molecule has 1 aliphatic rings. The Kier molecular flexibility index (Phi) is 3.81. The van der Waals surface area contributed by atoms with E-state index in [1.54, 1.807) is 0 Å². The van der Waals surface area contributed by atoms with Crippen LogP contribution in [0.3, 0.4) is 0 Å². The van der Waals surface area contributed by atoms with Crippen LogP contribution in [0.25, 0.3) is 0 Å². The number of hydrogen-bond donors (Lipinski definition) is 1. The Bertz CT molecular complexity index is 358. The number of hydrogen-bond acceptors (Lipinski definition) is 2. The van der Waals surface area contributed by atoms with E-state index in [-0.39, 0.29) is 16.7 Å². The zero-order valence-electron chi connectivity index (χ0n) is 12.6. The maximum Gasteiger partial charge on any atom is 0.240 e. The molecule has 0 aromatic carbocycles. The monoisotopic (exact) mass is 250 g/mol. The topological polar surface area (TPSA) is 52.9 Å². The Labute approximate surface area is 111 Å². The number of carbonyl (C=O) groups is 1. The van der Waals surface area contributed by atoms with Crippen LogP contribution in [0.2, 0.25) is 0 Å². The summed E-state index contributed by atoms with van der Waals surface area (Å²) in [4.78, 5) is 12.2. The molecule has 0 aromatic heterocycles. The Morgan fingerprint density at radius 1 is 1.22 bits per heavy atom. The maximum absolute atomic E-state index is 12.2. The quantitative estimate of drug-likeness (QED) is 0.815. The summed E-state index contributed by atoms with van der Waals surface area (Å²) in [5.74, 6) is 0.396. The molecule has 0 atom stereocenters. The summed E-state index contributed by atoms with van der Waals surface area (Å²) in [6, 6.07) is 2.19. The summed E-state index contributed by atoms with van der Waals surface area (Å²) in [5, 5.41) is 12.2. The van der Waals surface area contributed by atoms with E-state index < -0.39 is 5.41 Å². The smallest absolute Gasteiger partial charge is 0.240 e. The first kappa shape index (κ1) is 15.0. The summed E-state index contributed by atoms with van der Waals surface area (Å²) in [5.41, 5.74) is -0.300. The van der Waals surface area contributed by atoms with Crippen LogP contribution in [-0.4, -0.2) is 12.5 Å². The first-order valence-electron chi connectivity index (χ1n) is 6.89. The molecule has 0 spiro atoms. The maximum atomic E-state index is 12.2. The standard InChI is InChI=1S/C15H26N2O/c1-7-15(8-2,10-16)12(18)17-9-11-13(3,4)14(11,5)6/h11H,7-9H2,1-6H3,(H,17,18). The SMILES string of the molecule is CCC(C#N)(CC)C(=O)NCC1C(C)(C)C1(C)C. The van der Waals surface area contributed by atoms with E-state index in [0.717, 1.165) is 0 Å². The van der Waals surface area contributed by atoms with Crippen molar-refractivity contribution in [2.75, 3.05) is 6.54 Å². The third-order valence-corrected chi connectivity index (χ3v) is 5.64. The Balaban J connectivity index is 2.61. The molecule has 0 aliphatic heterocycles. The fraction of sp³-hybridized carbons (Fsp3) is 0.867. The van der Waals surface area contributed by atoms with Crippen molar-refractivity contribution >= 4 is 5.91 Å². The van der Waals surface area contributed by atoms with Gasteiger partial charge in [-0.15, -0.1) is 0 Å². The van der Waals surface area contributed by atoms with Gasteiger partial charge in [0.15, 0.2) is 0 Å². The fourth-order valence-corrected chi connectivity index (χ4v) is 2.99. The van der Waals surface area contributed by atoms with Crippen LogP contribution in [0.1, 0.15) is 54.4 Å². The number of nitrogens with one attached hydrogen (secondary N) is 1. The third-order valence-electron chi connectivity index (χ3n) is 5.64. The van der Waals surface area contributed by atoms with E-state index >= 15 is 0 Å². The van der Waals surface area contributed by atoms with Crippen LogP contribution in [0.5, 0.6) is 0 Å². The van der Waals surface area contributed by atoms with Gasteiger partial charge in [0.2, 0.25) is 5.91 Å². The van der Waals surface area contributed by atoms with Gasteiger partial charge in [0, 0.05) is 6.54 Å². The van der Waals surface area contributed by atoms with Gasteiger partial charge in [0.25, 0.3) is 0 Å². The molecule has 0 radical (unpaired) electrons. The minimum absolute atomic E-state index is 0.103. The van der Waals surface area contributed by atoms with Gasteiger partial charge in [-0.3, -0.25) is 4.79 Å². The van der Waals surface area contributed by atoms with Gasteiger partial charge in [-0.1, -0.05) is 41.5 Å². The van der Waals surface area contributed by atoms with Gasteiger partial charge in [-0.25, -0.2) is 0 Å².